The van der Waals surface area contributed by atoms with Gasteiger partial charge >= 0.3 is 26.0 Å². The summed E-state index contributed by atoms with van der Waals surface area (Å²) >= 11 is 8.58. The van der Waals surface area contributed by atoms with Gasteiger partial charge < -0.3 is 43.7 Å². The first-order valence-electron chi connectivity index (χ1n) is 19.8. The lowest BCUT2D eigenvalue weighted by atomic mass is 9.84. The van der Waals surface area contributed by atoms with Gasteiger partial charge in [0.25, 0.3) is 0 Å². The molecular formula is C40H63B2ClN4O8S2. The molecule has 3 fully saturated rings. The number of nitrogens with zero attached hydrogens (tertiary/aromatic N) is 4. The number of rotatable bonds is 12. The number of alkyl halides is 1. The number of carbonyl (C=O) groups is 3. The summed E-state index contributed by atoms with van der Waals surface area (Å²) < 4.78 is 15.5. The highest BCUT2D eigenvalue weighted by molar-refractivity contribution is 8.01. The van der Waals surface area contributed by atoms with E-state index in [4.69, 9.17) is 21.1 Å². The van der Waals surface area contributed by atoms with Crippen LogP contribution in [0.2, 0.25) is 13.6 Å². The van der Waals surface area contributed by atoms with Crippen LogP contribution < -0.4 is 9.80 Å². The third-order valence-electron chi connectivity index (χ3n) is 9.11. The average Bonchev–Trinajstić information content (AvgIpc) is 3.95. The number of aldehydes is 1. The Bertz CT molecular complexity index is 1600. The number of halogens is 1. The molecule has 12 nitrogen and oxygen atoms in total. The zero-order valence-corrected chi connectivity index (χ0v) is 37.8. The van der Waals surface area contributed by atoms with Crippen molar-refractivity contribution in [3.63, 3.8) is 0 Å². The van der Waals surface area contributed by atoms with Gasteiger partial charge in [-0.3, -0.25) is 9.59 Å². The van der Waals surface area contributed by atoms with Crippen LogP contribution in [-0.4, -0.2) is 139 Å². The van der Waals surface area contributed by atoms with E-state index < -0.39 is 20.2 Å². The summed E-state index contributed by atoms with van der Waals surface area (Å²) in [5.74, 6) is -0.689. The van der Waals surface area contributed by atoms with E-state index in [1.807, 2.05) is 36.8 Å². The van der Waals surface area contributed by atoms with Gasteiger partial charge in [0, 0.05) is 88.6 Å². The van der Waals surface area contributed by atoms with Crippen molar-refractivity contribution in [2.45, 2.75) is 101 Å². The van der Waals surface area contributed by atoms with Crippen LogP contribution in [0.25, 0.3) is 0 Å². The summed E-state index contributed by atoms with van der Waals surface area (Å²) in [4.78, 5) is 44.8. The van der Waals surface area contributed by atoms with Gasteiger partial charge in [0.05, 0.1) is 18.8 Å². The molecule has 2 aromatic rings. The second-order valence-corrected chi connectivity index (χ2v) is 19.9. The summed E-state index contributed by atoms with van der Waals surface area (Å²) in [6.07, 6.45) is 0.207. The molecule has 3 aliphatic rings. The predicted octanol–water partition coefficient (Wildman–Crippen LogP) is 6.22. The Morgan fingerprint density at radius 2 is 1.25 bits per heavy atom. The number of hydrogen-bond acceptors (Lipinski definition) is 14. The van der Waals surface area contributed by atoms with E-state index in [9.17, 15) is 24.4 Å². The fourth-order valence-corrected chi connectivity index (χ4v) is 8.75. The molecule has 3 aliphatic heterocycles. The van der Waals surface area contributed by atoms with Crippen LogP contribution in [-0.2, 0) is 23.8 Å². The number of epoxide rings is 1. The zero-order valence-electron chi connectivity index (χ0n) is 35.5. The molecule has 2 unspecified atom stereocenters. The van der Waals surface area contributed by atoms with Crippen molar-refractivity contribution in [1.29, 1.82) is 0 Å². The first-order chi connectivity index (χ1) is 26.8. The van der Waals surface area contributed by atoms with Gasteiger partial charge in [0.15, 0.2) is 12.4 Å². The Labute approximate surface area is 354 Å². The maximum atomic E-state index is 12.2. The highest BCUT2D eigenvalue weighted by atomic mass is 35.5. The quantitative estimate of drug-likeness (QED) is 0.0625. The molecular weight excluding hydrogens is 786 g/mol. The molecule has 0 aromatic heterocycles. The number of hydrogen-bond donors (Lipinski definition) is 2. The lowest BCUT2D eigenvalue weighted by Gasteiger charge is -2.38. The molecule has 3 heterocycles. The van der Waals surface area contributed by atoms with Gasteiger partial charge in [-0.25, -0.2) is 4.79 Å². The van der Waals surface area contributed by atoms with Crippen LogP contribution >= 0.6 is 35.1 Å². The first-order valence-corrected chi connectivity index (χ1v) is 22.0. The van der Waals surface area contributed by atoms with Gasteiger partial charge in [0.1, 0.15) is 12.0 Å². The largest absolute Gasteiger partial charge is 0.465 e. The lowest BCUT2D eigenvalue weighted by molar-refractivity contribution is -0.144. The van der Waals surface area contributed by atoms with Gasteiger partial charge in [-0.15, -0.1) is 35.1 Å². The highest BCUT2D eigenvalue weighted by Crippen LogP contribution is 2.50. The van der Waals surface area contributed by atoms with Crippen LogP contribution in [0.4, 0.5) is 11.4 Å². The van der Waals surface area contributed by atoms with Gasteiger partial charge in [-0.2, -0.15) is 0 Å². The fourth-order valence-electron chi connectivity index (χ4n) is 6.47. The fraction of sp³-hybridized carbons (Fsp3) is 0.625. The highest BCUT2D eigenvalue weighted by Gasteiger charge is 2.50. The van der Waals surface area contributed by atoms with Crippen molar-refractivity contribution in [1.82, 2.24) is 9.62 Å². The molecule has 3 saturated heterocycles. The minimum absolute atomic E-state index is 0.0478. The molecule has 316 valence electrons. The normalized spacial score (nSPS) is 18.7. The number of carbonyl (C=O) groups excluding carboxylic acids is 3. The molecule has 0 bridgehead atoms. The smallest absolute Gasteiger partial charge is 0.376 e. The Kier molecular flexibility index (Phi) is 19.6. The van der Waals surface area contributed by atoms with E-state index in [0.717, 1.165) is 90.9 Å². The maximum Gasteiger partial charge on any atom is 0.376 e. The third-order valence-corrected chi connectivity index (χ3v) is 11.7. The Hall–Kier alpha value is -2.43. The number of benzene rings is 2. The minimum atomic E-state index is -0.515. The van der Waals surface area contributed by atoms with Crippen LogP contribution in [0.5, 0.6) is 0 Å². The second-order valence-electron chi connectivity index (χ2n) is 15.9. The van der Waals surface area contributed by atoms with Crippen LogP contribution in [0, 0.1) is 0 Å². The lowest BCUT2D eigenvalue weighted by Crippen LogP contribution is -2.51. The summed E-state index contributed by atoms with van der Waals surface area (Å²) in [5, 5.41) is 19.5. The minimum Gasteiger partial charge on any atom is -0.465 e. The zero-order chi connectivity index (χ0) is 42.5. The van der Waals surface area contributed by atoms with E-state index >= 15 is 0 Å². The van der Waals surface area contributed by atoms with Gasteiger partial charge in [-0.1, -0.05) is 53.7 Å². The monoisotopic (exact) mass is 848 g/mol. The van der Waals surface area contributed by atoms with Crippen molar-refractivity contribution in [3.8, 4) is 0 Å². The van der Waals surface area contributed by atoms with E-state index in [0.29, 0.717) is 13.2 Å². The number of piperazine rings is 2. The van der Waals surface area contributed by atoms with Crippen molar-refractivity contribution in [2.24, 2.45) is 0 Å². The molecule has 0 saturated carbocycles. The average molecular weight is 849 g/mol. The molecule has 0 amide bonds. The van der Waals surface area contributed by atoms with Crippen molar-refractivity contribution < 1.29 is 38.6 Å². The second kappa shape index (κ2) is 22.8. The molecule has 0 aliphatic carbocycles. The van der Waals surface area contributed by atoms with Crippen molar-refractivity contribution in [2.75, 3.05) is 81.3 Å². The molecule has 0 spiro atoms. The first kappa shape index (κ1) is 48.9. The summed E-state index contributed by atoms with van der Waals surface area (Å²) in [5.41, 5.74) is 4.00. The SMILES string of the molecule is CB(O)N1CCN(c2cccc(SC(C)(C)C)c2C=O)CC1.CCOC(=O)C1OC1c1c(SC(C)(C)C)cccc1N1CCN(B(C)O)CC1.CCOC(=O)CCl. The molecule has 17 heteroatoms. The standard InChI is InChI=1S/C20H31BN2O4S.C16H25BN2O2S.C4H7ClO2/c1-6-26-19(24)18-17(27-18)16-14(8-7-9-15(16)28-20(2,3)4)22-10-12-23(13-11-22)21(5)25;1-16(2,3)22-15-7-5-6-14(13(15)12-20)18-8-10-19(11-9-18)17(4)21;1-2-7-4(6)3-5/h7-9,17-18,25H,6,10-13H2,1-5H3;5-7,12,21H,8-11H2,1-4H3;2-3H2,1H3. The van der Waals surface area contributed by atoms with E-state index in [1.165, 1.54) is 0 Å². The van der Waals surface area contributed by atoms with E-state index in [1.54, 1.807) is 37.3 Å². The third kappa shape index (κ3) is 15.6. The Morgan fingerprint density at radius 3 is 1.67 bits per heavy atom. The predicted molar refractivity (Wildman–Crippen MR) is 236 cm³/mol. The van der Waals surface area contributed by atoms with E-state index in [2.05, 4.69) is 79.1 Å². The molecule has 57 heavy (non-hydrogen) atoms. The van der Waals surface area contributed by atoms with Crippen LogP contribution in [0.1, 0.15) is 77.4 Å². The van der Waals surface area contributed by atoms with Crippen LogP contribution in [0.15, 0.2) is 46.2 Å². The number of ether oxygens (including phenoxy) is 3. The molecule has 2 aromatic carbocycles. The molecule has 5 rings (SSSR count). The van der Waals surface area contributed by atoms with Gasteiger partial charge in [-0.05, 0) is 51.8 Å². The summed E-state index contributed by atoms with van der Waals surface area (Å²) in [6, 6.07) is 12.4. The van der Waals surface area contributed by atoms with Crippen molar-refractivity contribution >= 4 is 78.8 Å². The topological polar surface area (TPSA) is 136 Å². The summed E-state index contributed by atoms with van der Waals surface area (Å²) in [6.45, 7) is 27.5. The molecule has 2 N–H and O–H groups in total. The number of anilines is 2. The summed E-state index contributed by atoms with van der Waals surface area (Å²) in [7, 11) is -0.833. The number of esters is 2. The van der Waals surface area contributed by atoms with E-state index in [-0.39, 0.29) is 33.4 Å². The Morgan fingerprint density at radius 1 is 0.789 bits per heavy atom. The van der Waals surface area contributed by atoms with Gasteiger partial charge in [0.2, 0.25) is 0 Å². The molecule has 0 radical (unpaired) electrons. The Balaban J connectivity index is 0.000000267. The molecule has 2 atom stereocenters. The van der Waals surface area contributed by atoms with Crippen LogP contribution in [0.3, 0.4) is 0 Å². The van der Waals surface area contributed by atoms with Crippen molar-refractivity contribution in [3.05, 3.63) is 47.5 Å². The number of thioether (sulfide) groups is 2. The maximum absolute atomic E-state index is 12.2.